The van der Waals surface area contributed by atoms with Gasteiger partial charge in [0.15, 0.2) is 5.82 Å². The molecular weight excluding hydrogens is 178 g/mol. The van der Waals surface area contributed by atoms with Gasteiger partial charge in [0.2, 0.25) is 0 Å². The smallest absolute Gasteiger partial charge is 0.318 e. The van der Waals surface area contributed by atoms with Crippen LogP contribution in [0.2, 0.25) is 5.02 Å². The van der Waals surface area contributed by atoms with E-state index in [0.717, 1.165) is 0 Å². The zero-order valence-corrected chi connectivity index (χ0v) is 7.96. The second kappa shape index (κ2) is 3.58. The van der Waals surface area contributed by atoms with Crippen molar-refractivity contribution in [2.75, 3.05) is 26.1 Å². The first kappa shape index (κ1) is 9.06. The van der Waals surface area contributed by atoms with Gasteiger partial charge in [-0.05, 0) is 0 Å². The highest BCUT2D eigenvalue weighted by molar-refractivity contribution is 6.32. The van der Waals surface area contributed by atoms with E-state index in [2.05, 4.69) is 9.97 Å². The lowest BCUT2D eigenvalue weighted by Gasteiger charge is -2.12. The van der Waals surface area contributed by atoms with Crippen LogP contribution in [0.15, 0.2) is 6.20 Å². The van der Waals surface area contributed by atoms with Crippen molar-refractivity contribution in [2.45, 2.75) is 0 Å². The number of halogens is 1. The number of ether oxygens (including phenoxy) is 1. The lowest BCUT2D eigenvalue weighted by Crippen LogP contribution is -2.12. The quantitative estimate of drug-likeness (QED) is 0.698. The van der Waals surface area contributed by atoms with Gasteiger partial charge in [0.1, 0.15) is 5.02 Å². The zero-order chi connectivity index (χ0) is 9.14. The summed E-state index contributed by atoms with van der Waals surface area (Å²) in [6.07, 6.45) is 1.52. The molecule has 4 nitrogen and oxygen atoms in total. The van der Waals surface area contributed by atoms with E-state index in [1.165, 1.54) is 13.3 Å². The Morgan fingerprint density at radius 2 is 2.17 bits per heavy atom. The molecule has 0 aliphatic heterocycles. The average molecular weight is 188 g/mol. The molecule has 0 radical (unpaired) electrons. The maximum Gasteiger partial charge on any atom is 0.318 e. The predicted octanol–water partition coefficient (Wildman–Crippen LogP) is 1.20. The Bertz CT molecular complexity index is 277. The van der Waals surface area contributed by atoms with Crippen molar-refractivity contribution in [1.29, 1.82) is 0 Å². The van der Waals surface area contributed by atoms with Gasteiger partial charge in [0, 0.05) is 14.1 Å². The lowest BCUT2D eigenvalue weighted by atomic mass is 10.5. The summed E-state index contributed by atoms with van der Waals surface area (Å²) in [6, 6.07) is 0.322. The van der Waals surface area contributed by atoms with Crippen LogP contribution in [0.4, 0.5) is 5.82 Å². The SMILES string of the molecule is COc1ncc(Cl)c(N(C)C)n1. The maximum absolute atomic E-state index is 5.83. The van der Waals surface area contributed by atoms with Crippen molar-refractivity contribution in [3.63, 3.8) is 0 Å². The molecule has 0 saturated carbocycles. The van der Waals surface area contributed by atoms with Crippen LogP contribution in [-0.2, 0) is 0 Å². The Balaban J connectivity index is 3.08. The molecule has 0 aliphatic rings. The van der Waals surface area contributed by atoms with Crippen LogP contribution in [0.3, 0.4) is 0 Å². The summed E-state index contributed by atoms with van der Waals surface area (Å²) in [7, 11) is 5.23. The minimum absolute atomic E-state index is 0.322. The molecule has 0 aliphatic carbocycles. The van der Waals surface area contributed by atoms with Crippen LogP contribution in [0, 0.1) is 0 Å². The summed E-state index contributed by atoms with van der Waals surface area (Å²) in [6.45, 7) is 0. The van der Waals surface area contributed by atoms with Gasteiger partial charge in [0.05, 0.1) is 13.3 Å². The summed E-state index contributed by atoms with van der Waals surface area (Å²) in [5, 5.41) is 0.515. The number of nitrogens with zero attached hydrogens (tertiary/aromatic N) is 3. The summed E-state index contributed by atoms with van der Waals surface area (Å²) in [4.78, 5) is 9.70. The standard InChI is InChI=1S/C7H10ClN3O/c1-11(2)6-5(8)4-9-7(10-6)12-3/h4H,1-3H3. The summed E-state index contributed by atoms with van der Waals surface area (Å²) < 4.78 is 4.85. The van der Waals surface area contributed by atoms with Gasteiger partial charge in [0.25, 0.3) is 0 Å². The van der Waals surface area contributed by atoms with Crippen molar-refractivity contribution < 1.29 is 4.74 Å². The van der Waals surface area contributed by atoms with Crippen LogP contribution in [-0.4, -0.2) is 31.2 Å². The number of hydrogen-bond donors (Lipinski definition) is 0. The number of hydrogen-bond acceptors (Lipinski definition) is 4. The minimum atomic E-state index is 0.322. The first-order valence-corrected chi connectivity index (χ1v) is 3.77. The number of methoxy groups -OCH3 is 1. The summed E-state index contributed by atoms with van der Waals surface area (Å²) in [5.74, 6) is 0.656. The lowest BCUT2D eigenvalue weighted by molar-refractivity contribution is 0.380. The Labute approximate surface area is 76.1 Å². The Morgan fingerprint density at radius 1 is 1.50 bits per heavy atom. The number of aromatic nitrogens is 2. The fraction of sp³-hybridized carbons (Fsp3) is 0.429. The molecule has 12 heavy (non-hydrogen) atoms. The molecule has 1 aromatic heterocycles. The van der Waals surface area contributed by atoms with Crippen LogP contribution in [0.5, 0.6) is 6.01 Å². The van der Waals surface area contributed by atoms with Crippen LogP contribution < -0.4 is 9.64 Å². The first-order chi connectivity index (χ1) is 5.65. The van der Waals surface area contributed by atoms with Crippen molar-refractivity contribution in [3.05, 3.63) is 11.2 Å². The molecule has 0 bridgehead atoms. The summed E-state index contributed by atoms with van der Waals surface area (Å²) in [5.41, 5.74) is 0. The largest absolute Gasteiger partial charge is 0.467 e. The maximum atomic E-state index is 5.83. The highest BCUT2D eigenvalue weighted by Gasteiger charge is 2.06. The van der Waals surface area contributed by atoms with Crippen LogP contribution >= 0.6 is 11.6 Å². The highest BCUT2D eigenvalue weighted by atomic mass is 35.5. The van der Waals surface area contributed by atoms with Gasteiger partial charge >= 0.3 is 6.01 Å². The van der Waals surface area contributed by atoms with Crippen LogP contribution in [0.25, 0.3) is 0 Å². The van der Waals surface area contributed by atoms with Gasteiger partial charge in [-0.3, -0.25) is 0 Å². The molecule has 0 N–H and O–H groups in total. The van der Waals surface area contributed by atoms with E-state index in [4.69, 9.17) is 16.3 Å². The van der Waals surface area contributed by atoms with E-state index >= 15 is 0 Å². The second-order valence-electron chi connectivity index (χ2n) is 2.42. The molecule has 1 aromatic rings. The van der Waals surface area contributed by atoms with E-state index in [1.54, 1.807) is 4.90 Å². The molecule has 0 fully saturated rings. The monoisotopic (exact) mass is 187 g/mol. The molecule has 5 heteroatoms. The first-order valence-electron chi connectivity index (χ1n) is 3.39. The predicted molar refractivity (Wildman–Crippen MR) is 47.9 cm³/mol. The van der Waals surface area contributed by atoms with E-state index in [-0.39, 0.29) is 0 Å². The molecule has 0 unspecified atom stereocenters. The Hall–Kier alpha value is -1.03. The molecule has 0 amide bonds. The summed E-state index contributed by atoms with van der Waals surface area (Å²) >= 11 is 5.83. The molecule has 1 heterocycles. The minimum Gasteiger partial charge on any atom is -0.467 e. The third-order valence-electron chi connectivity index (χ3n) is 1.31. The molecule has 0 atom stereocenters. The molecule has 0 spiro atoms. The van der Waals surface area contributed by atoms with Gasteiger partial charge < -0.3 is 9.64 Å². The van der Waals surface area contributed by atoms with E-state index in [0.29, 0.717) is 16.9 Å². The van der Waals surface area contributed by atoms with Gasteiger partial charge in [-0.15, -0.1) is 0 Å². The third kappa shape index (κ3) is 1.76. The van der Waals surface area contributed by atoms with E-state index < -0.39 is 0 Å². The molecule has 0 aromatic carbocycles. The number of anilines is 1. The fourth-order valence-corrected chi connectivity index (χ4v) is 1.01. The molecule has 0 saturated heterocycles. The van der Waals surface area contributed by atoms with Crippen molar-refractivity contribution in [1.82, 2.24) is 9.97 Å². The third-order valence-corrected chi connectivity index (χ3v) is 1.58. The Kier molecular flexibility index (Phi) is 2.70. The molecule has 66 valence electrons. The van der Waals surface area contributed by atoms with Crippen molar-refractivity contribution in [2.24, 2.45) is 0 Å². The second-order valence-corrected chi connectivity index (χ2v) is 2.83. The van der Waals surface area contributed by atoms with Crippen molar-refractivity contribution in [3.8, 4) is 6.01 Å². The topological polar surface area (TPSA) is 38.2 Å². The van der Waals surface area contributed by atoms with Crippen molar-refractivity contribution >= 4 is 17.4 Å². The van der Waals surface area contributed by atoms with E-state index in [1.807, 2.05) is 14.1 Å². The average Bonchev–Trinajstić information content (AvgIpc) is 2.05. The number of rotatable bonds is 2. The van der Waals surface area contributed by atoms with Gasteiger partial charge in [-0.1, -0.05) is 11.6 Å². The fourth-order valence-electron chi connectivity index (χ4n) is 0.754. The Morgan fingerprint density at radius 3 is 2.67 bits per heavy atom. The van der Waals surface area contributed by atoms with E-state index in [9.17, 15) is 0 Å². The molecule has 1 rings (SSSR count). The van der Waals surface area contributed by atoms with Gasteiger partial charge in [-0.2, -0.15) is 4.98 Å². The zero-order valence-electron chi connectivity index (χ0n) is 7.21. The van der Waals surface area contributed by atoms with Gasteiger partial charge in [-0.25, -0.2) is 4.98 Å². The normalized spacial score (nSPS) is 9.67. The van der Waals surface area contributed by atoms with Crippen LogP contribution in [0.1, 0.15) is 0 Å². The molecular formula is C7H10ClN3O. The highest BCUT2D eigenvalue weighted by Crippen LogP contribution is 2.21.